The first kappa shape index (κ1) is 66.2. The van der Waals surface area contributed by atoms with Crippen LogP contribution in [0.25, 0.3) is 219 Å². The van der Waals surface area contributed by atoms with Crippen LogP contribution < -0.4 is 18.3 Å². The summed E-state index contributed by atoms with van der Waals surface area (Å²) in [5.41, 5.74) is 25.8. The third-order valence-corrected chi connectivity index (χ3v) is 26.1. The Labute approximate surface area is 734 Å². The second-order valence-corrected chi connectivity index (χ2v) is 33.7. The summed E-state index contributed by atoms with van der Waals surface area (Å²) in [5, 5.41) is 21.1. The number of aryl methyl sites for hydroxylation is 10. The van der Waals surface area contributed by atoms with Gasteiger partial charge in [0.25, 0.3) is 0 Å². The van der Waals surface area contributed by atoms with Crippen molar-refractivity contribution in [3.63, 3.8) is 0 Å². The molecule has 0 radical (unpaired) electrons. The van der Waals surface area contributed by atoms with Gasteiger partial charge >= 0.3 is 0 Å². The molecule has 8 aromatic heterocycles. The van der Waals surface area contributed by atoms with Crippen molar-refractivity contribution in [1.29, 1.82) is 0 Å². The minimum atomic E-state index is -2.27. The number of nitrogens with zero attached hydrogens (tertiary/aromatic N) is 4. The van der Waals surface area contributed by atoms with Crippen LogP contribution in [-0.4, -0.2) is 0 Å². The van der Waals surface area contributed by atoms with Crippen molar-refractivity contribution in [3.8, 4) is 45.0 Å². The van der Waals surface area contributed by atoms with Crippen molar-refractivity contribution in [3.05, 3.63) is 359 Å². The fourth-order valence-corrected chi connectivity index (χ4v) is 19.3. The molecule has 124 heavy (non-hydrogen) atoms. The van der Waals surface area contributed by atoms with E-state index in [1.807, 2.05) is 153 Å². The highest BCUT2D eigenvalue weighted by molar-refractivity contribution is 6.18. The molecule has 0 amide bonds. The number of hydrogen-bond acceptors (Lipinski definition) is 4. The molecule has 8 nitrogen and oxygen atoms in total. The lowest BCUT2D eigenvalue weighted by molar-refractivity contribution is -0.633. The van der Waals surface area contributed by atoms with Gasteiger partial charge in [0.15, 0.2) is 0 Å². The molecule has 8 heteroatoms. The molecule has 16 aromatic carbocycles. The van der Waals surface area contributed by atoms with E-state index in [9.17, 15) is 0 Å². The monoisotopic (exact) mass is 1620 g/mol. The number of para-hydroxylation sites is 2. The van der Waals surface area contributed by atoms with Crippen LogP contribution in [0.4, 0.5) is 0 Å². The summed E-state index contributed by atoms with van der Waals surface area (Å²) in [7, 11) is 8.18. The van der Waals surface area contributed by atoms with Gasteiger partial charge in [0.1, 0.15) is 72.9 Å². The van der Waals surface area contributed by atoms with Gasteiger partial charge in [-0.05, 0) is 264 Å². The van der Waals surface area contributed by atoms with E-state index in [0.717, 1.165) is 193 Å². The Balaban J connectivity index is 0.000000108. The molecule has 24 rings (SSSR count). The molecule has 0 atom stereocenters. The lowest BCUT2D eigenvalue weighted by Gasteiger charge is -2.12. The molecule has 0 aliphatic carbocycles. The molecule has 0 saturated carbocycles. The molecule has 0 fully saturated rings. The molecule has 0 aliphatic rings. The van der Waals surface area contributed by atoms with Crippen LogP contribution in [0.5, 0.6) is 0 Å². The van der Waals surface area contributed by atoms with E-state index >= 15 is 0 Å². The summed E-state index contributed by atoms with van der Waals surface area (Å²) < 4.78 is 118. The molecule has 0 aliphatic heterocycles. The third kappa shape index (κ3) is 12.5. The number of rotatable bonds is 5. The molecular formula is C116H96N4O4+4. The van der Waals surface area contributed by atoms with Crippen LogP contribution in [0.2, 0.25) is 0 Å². The Hall–Kier alpha value is -14.6. The van der Waals surface area contributed by atoms with Crippen molar-refractivity contribution in [2.45, 2.75) is 81.8 Å². The fraction of sp³-hybridized carbons (Fsp3) is 0.138. The molecular weight excluding hydrogens is 1510 g/mol. The Morgan fingerprint density at radius 3 is 1.01 bits per heavy atom. The van der Waals surface area contributed by atoms with E-state index in [0.29, 0.717) is 27.8 Å². The van der Waals surface area contributed by atoms with Gasteiger partial charge in [0, 0.05) is 127 Å². The highest BCUT2D eigenvalue weighted by atomic mass is 16.3. The van der Waals surface area contributed by atoms with Gasteiger partial charge in [-0.3, -0.25) is 0 Å². The largest absolute Gasteiger partial charge is 0.455 e. The topological polar surface area (TPSA) is 68.1 Å². The van der Waals surface area contributed by atoms with Crippen LogP contribution in [0.3, 0.4) is 0 Å². The van der Waals surface area contributed by atoms with Crippen LogP contribution in [-0.2, 0) is 28.2 Å². The van der Waals surface area contributed by atoms with Crippen LogP contribution in [0, 0.1) is 62.1 Å². The smallest absolute Gasteiger partial charge is 0.217 e. The van der Waals surface area contributed by atoms with E-state index in [4.69, 9.17) is 31.4 Å². The number of furan rings is 4. The average Bonchev–Trinajstić information content (AvgIpc) is 1.54. The molecule has 0 unspecified atom stereocenters. The Bertz CT molecular complexity index is 9080. The molecule has 0 spiro atoms. The van der Waals surface area contributed by atoms with E-state index in [-0.39, 0.29) is 0 Å². The number of fused-ring (bicyclic) bond motifs is 20. The second-order valence-electron chi connectivity index (χ2n) is 33.7. The summed E-state index contributed by atoms with van der Waals surface area (Å²) in [4.78, 5) is 0. The summed E-state index contributed by atoms with van der Waals surface area (Å²) in [6, 6.07) is 103. The first-order valence-electron chi connectivity index (χ1n) is 47.2. The zero-order valence-electron chi connectivity index (χ0n) is 81.3. The van der Waals surface area contributed by atoms with Gasteiger partial charge in [-0.25, -0.2) is 0 Å². The Morgan fingerprint density at radius 1 is 0.234 bits per heavy atom. The lowest BCUT2D eigenvalue weighted by Crippen LogP contribution is -2.32. The summed E-state index contributed by atoms with van der Waals surface area (Å²) in [6.45, 7) is 9.04. The summed E-state index contributed by atoms with van der Waals surface area (Å²) in [6.07, 6.45) is 0. The van der Waals surface area contributed by atoms with E-state index in [2.05, 4.69) is 234 Å². The Kier molecular flexibility index (Phi) is 16.0. The SMILES string of the molecule is Cc1ccc2c(oc3cc4ccccc4cc32)c1-c1ccc2ccccc2[n+]1C.[2H]C([2H])([2H])c1cc2c(oc3cc4ccccc4cc32)c(-c2cc(C)c3ccccc3[n+]2C)c1C.[2H]C([2H])([2H])c1cc2c(oc3cc4ccccc4cc32)c(-c2ccc3c(C([2H])(C)C)cccc3[n+]2C)c1C.[2H]C([2H])([2H])c1cc2c(oc3cc4ccccc4cc32)c(-c2ccc3c(C)cccc3[n+]2C)c1C. The zero-order chi connectivity index (χ0) is 93.4. The van der Waals surface area contributed by atoms with Gasteiger partial charge < -0.3 is 17.7 Å². The van der Waals surface area contributed by atoms with Crippen molar-refractivity contribution in [1.82, 2.24) is 0 Å². The maximum absolute atomic E-state index is 8.62. The number of aromatic nitrogens is 4. The quantitative estimate of drug-likeness (QED) is 0.161. The first-order chi connectivity index (χ1) is 64.1. The van der Waals surface area contributed by atoms with Gasteiger partial charge in [-0.1, -0.05) is 172 Å². The molecule has 0 bridgehead atoms. The standard InChI is InChI=1S/C31H28NO.2C29H24NO.C27H20NO/c1-18(2)23-11-8-12-27-24(23)13-14-28(32(27)5)30-20(4)19(3)15-26-25-16-21-9-6-7-10-22(21)17-29(25)33-31(26)30;1-17-8-7-11-25-22(17)12-13-26(30(25)4)28-19(3)18(2)14-24-23-15-20-9-5-6-10-21(20)16-27(23)31-29(24)28;1-17-13-24-23-15-20-9-5-6-10-21(20)16-27(23)31-29(24)28(19(17)3)26-14-18(2)22-11-7-8-12-25(22)30(26)4;1-17-11-13-21-22-15-19-8-3-4-9-20(19)16-25(22)29-27(21)26(17)24-14-12-18-7-5-6-10-23(18)28(24)2/h6-18H,1-5H3;2*5-16H,1-4H3;3-16H,1-2H3/q4*+1/i3D3,18D;2D3;1D3;. The van der Waals surface area contributed by atoms with Crippen molar-refractivity contribution in [2.75, 3.05) is 0 Å². The van der Waals surface area contributed by atoms with Gasteiger partial charge in [-0.15, -0.1) is 0 Å². The van der Waals surface area contributed by atoms with Gasteiger partial charge in [-0.2, -0.15) is 18.3 Å². The third-order valence-electron chi connectivity index (χ3n) is 26.1. The van der Waals surface area contributed by atoms with Gasteiger partial charge in [0.2, 0.25) is 44.8 Å². The maximum atomic E-state index is 8.62. The predicted octanol–water partition coefficient (Wildman–Crippen LogP) is 29.4. The number of hydrogen-bond donors (Lipinski definition) is 0. The van der Waals surface area contributed by atoms with E-state index in [1.54, 1.807) is 18.2 Å². The van der Waals surface area contributed by atoms with E-state index in [1.165, 1.54) is 54.3 Å². The van der Waals surface area contributed by atoms with Crippen molar-refractivity contribution >= 4 is 174 Å². The normalized spacial score (nSPS) is 13.5. The fourth-order valence-electron chi connectivity index (χ4n) is 19.3. The predicted molar refractivity (Wildman–Crippen MR) is 518 cm³/mol. The van der Waals surface area contributed by atoms with Crippen LogP contribution in [0.1, 0.15) is 89.1 Å². The van der Waals surface area contributed by atoms with Gasteiger partial charge in [0.05, 0.1) is 22.3 Å². The second kappa shape index (κ2) is 29.9. The Morgan fingerprint density at radius 2 is 0.556 bits per heavy atom. The molecule has 0 N–H and O–H groups in total. The summed E-state index contributed by atoms with van der Waals surface area (Å²) >= 11 is 0. The zero-order valence-corrected chi connectivity index (χ0v) is 71.3. The summed E-state index contributed by atoms with van der Waals surface area (Å²) in [5.74, 6) is -0.751. The molecule has 0 saturated heterocycles. The highest BCUT2D eigenvalue weighted by Gasteiger charge is 2.30. The van der Waals surface area contributed by atoms with Crippen LogP contribution >= 0.6 is 0 Å². The van der Waals surface area contributed by atoms with Crippen molar-refractivity contribution < 1.29 is 49.6 Å². The molecule has 8 heterocycles. The maximum Gasteiger partial charge on any atom is 0.217 e. The number of pyridine rings is 4. The number of benzene rings is 16. The molecule has 24 aromatic rings. The highest BCUT2D eigenvalue weighted by Crippen LogP contribution is 2.46. The first-order valence-corrected chi connectivity index (χ1v) is 42.2. The minimum absolute atomic E-state index is 0.326. The van der Waals surface area contributed by atoms with Crippen LogP contribution in [0.15, 0.2) is 321 Å². The van der Waals surface area contributed by atoms with E-state index < -0.39 is 26.4 Å². The molecule has 600 valence electrons. The van der Waals surface area contributed by atoms with Crippen molar-refractivity contribution in [2.24, 2.45) is 28.2 Å². The average molecular weight is 1620 g/mol. The minimum Gasteiger partial charge on any atom is -0.455 e. The lowest BCUT2D eigenvalue weighted by atomic mass is 9.94.